The first kappa shape index (κ1) is 24.0. The van der Waals surface area contributed by atoms with E-state index in [0.29, 0.717) is 15.8 Å². The Kier molecular flexibility index (Phi) is 32.7. The average molecular weight is 438 g/mol. The van der Waals surface area contributed by atoms with Gasteiger partial charge in [-0.1, -0.05) is 41.5 Å². The molecule has 0 aliphatic heterocycles. The average Bonchev–Trinajstić information content (AvgIpc) is 2.35. The van der Waals surface area contributed by atoms with Crippen LogP contribution in [0.2, 0.25) is 5.40 Å². The molecule has 0 amide bonds. The van der Waals surface area contributed by atoms with E-state index in [4.69, 9.17) is 0 Å². The topological polar surface area (TPSA) is 0 Å². The molecule has 0 saturated carbocycles. The van der Waals surface area contributed by atoms with Crippen molar-refractivity contribution < 1.29 is 16.0 Å². The van der Waals surface area contributed by atoms with E-state index in [1.807, 2.05) is 0 Å². The van der Waals surface area contributed by atoms with Crippen LogP contribution >= 0.6 is 29.3 Å². The summed E-state index contributed by atoms with van der Waals surface area (Å²) in [7, 11) is 0.892. The summed E-state index contributed by atoms with van der Waals surface area (Å²) in [5.41, 5.74) is 0. The summed E-state index contributed by atoms with van der Waals surface area (Å²) in [4.78, 5) is 0. The zero-order chi connectivity index (χ0) is 14.1. The van der Waals surface area contributed by atoms with Gasteiger partial charge in [0.2, 0.25) is 0 Å². The predicted octanol–water partition coefficient (Wildman–Crippen LogP) is 6.48. The number of halogens is 1. The second-order valence-corrected chi connectivity index (χ2v) is 13.4. The molecular formula is C13H33BrP2Pd. The van der Waals surface area contributed by atoms with Gasteiger partial charge >= 0.3 is 34.8 Å². The van der Waals surface area contributed by atoms with Crippen LogP contribution in [0.4, 0.5) is 0 Å². The van der Waals surface area contributed by atoms with E-state index in [2.05, 4.69) is 60.4 Å². The van der Waals surface area contributed by atoms with E-state index < -0.39 is 0 Å². The standard InChI is InChI=1S/2C6H15P.CH3.BrH.Pd/c2*1-4-7(5-2)6-3;;;/h2*4-6H2,1-3H3;1H3;1H;/q;;;;+1/p-1. The summed E-state index contributed by atoms with van der Waals surface area (Å²) in [6.45, 7) is 13.7. The Morgan fingerprint density at radius 2 is 0.765 bits per heavy atom. The monoisotopic (exact) mass is 436 g/mol. The van der Waals surface area contributed by atoms with Crippen LogP contribution in [0.15, 0.2) is 0 Å². The van der Waals surface area contributed by atoms with Crippen LogP contribution in [0.25, 0.3) is 0 Å². The van der Waals surface area contributed by atoms with Crippen molar-refractivity contribution in [1.82, 2.24) is 0 Å². The molecular weight excluding hydrogens is 404 g/mol. The van der Waals surface area contributed by atoms with Gasteiger partial charge in [0.25, 0.3) is 0 Å². The molecule has 0 saturated heterocycles. The van der Waals surface area contributed by atoms with E-state index in [1.54, 1.807) is 0 Å². The van der Waals surface area contributed by atoms with Crippen LogP contribution < -0.4 is 0 Å². The fourth-order valence-electron chi connectivity index (χ4n) is 1.34. The molecule has 17 heavy (non-hydrogen) atoms. The molecule has 0 rings (SSSR count). The van der Waals surface area contributed by atoms with Gasteiger partial charge in [0.15, 0.2) is 0 Å². The first-order chi connectivity index (χ1) is 8.11. The molecule has 0 aromatic heterocycles. The fraction of sp³-hybridized carbons (Fsp3) is 1.00. The van der Waals surface area contributed by atoms with Crippen molar-refractivity contribution >= 4 is 29.3 Å². The van der Waals surface area contributed by atoms with Crippen LogP contribution in [0.3, 0.4) is 0 Å². The first-order valence-corrected chi connectivity index (χ1v) is 15.5. The molecule has 0 aliphatic rings. The molecule has 0 bridgehead atoms. The van der Waals surface area contributed by atoms with Crippen LogP contribution in [-0.2, 0) is 16.0 Å². The SMILES string of the molecule is CCP(CC)CC.CCP(CC)CC.[CH3][Pd][Br]. The van der Waals surface area contributed by atoms with E-state index in [0.717, 1.165) is 16.0 Å². The molecule has 0 nitrogen and oxygen atoms in total. The number of rotatable bonds is 6. The van der Waals surface area contributed by atoms with E-state index in [-0.39, 0.29) is 0 Å². The third-order valence-electron chi connectivity index (χ3n) is 2.68. The molecule has 0 fully saturated rings. The Balaban J connectivity index is -0.000000188. The zero-order valence-corrected chi connectivity index (χ0v) is 17.8. The van der Waals surface area contributed by atoms with Crippen LogP contribution in [0.1, 0.15) is 41.5 Å². The molecule has 112 valence electrons. The van der Waals surface area contributed by atoms with Gasteiger partial charge in [-0.3, -0.25) is 0 Å². The normalized spacial score (nSPS) is 9.76. The zero-order valence-electron chi connectivity index (χ0n) is 12.8. The molecule has 0 unspecified atom stereocenters. The van der Waals surface area contributed by atoms with Gasteiger partial charge in [-0.15, -0.1) is 15.8 Å². The summed E-state index contributed by atoms with van der Waals surface area (Å²) >= 11 is 3.96. The molecule has 0 atom stereocenters. The Hall–Kier alpha value is 2.00. The van der Waals surface area contributed by atoms with Gasteiger partial charge in [0.1, 0.15) is 0 Å². The van der Waals surface area contributed by atoms with Gasteiger partial charge in [0.05, 0.1) is 0 Å². The second-order valence-electron chi connectivity index (χ2n) is 3.36. The Morgan fingerprint density at radius 1 is 0.647 bits per heavy atom. The Labute approximate surface area is 128 Å². The maximum atomic E-state index is 3.20. The molecule has 4 heteroatoms. The predicted molar refractivity (Wildman–Crippen MR) is 91.9 cm³/mol. The molecule has 0 N–H and O–H groups in total. The van der Waals surface area contributed by atoms with Crippen LogP contribution in [-0.4, -0.2) is 37.0 Å². The summed E-state index contributed by atoms with van der Waals surface area (Å²) in [6, 6.07) is 0. The molecule has 0 radical (unpaired) electrons. The van der Waals surface area contributed by atoms with E-state index >= 15 is 0 Å². The third kappa shape index (κ3) is 23.5. The van der Waals surface area contributed by atoms with E-state index in [9.17, 15) is 0 Å². The van der Waals surface area contributed by atoms with Gasteiger partial charge < -0.3 is 0 Å². The van der Waals surface area contributed by atoms with Gasteiger partial charge in [-0.05, 0) is 37.0 Å². The maximum absolute atomic E-state index is 3.20. The van der Waals surface area contributed by atoms with Crippen molar-refractivity contribution in [3.8, 4) is 0 Å². The van der Waals surface area contributed by atoms with Crippen LogP contribution in [0, 0.1) is 0 Å². The molecule has 0 aliphatic carbocycles. The number of hydrogen-bond acceptors (Lipinski definition) is 0. The second kappa shape index (κ2) is 23.1. The van der Waals surface area contributed by atoms with Crippen molar-refractivity contribution in [3.05, 3.63) is 0 Å². The molecule has 0 heterocycles. The summed E-state index contributed by atoms with van der Waals surface area (Å²) in [5.74, 6) is 0. The van der Waals surface area contributed by atoms with Crippen molar-refractivity contribution in [2.24, 2.45) is 0 Å². The van der Waals surface area contributed by atoms with E-state index in [1.165, 1.54) is 37.0 Å². The third-order valence-corrected chi connectivity index (χ3v) is 8.05. The fourth-order valence-corrected chi connectivity index (χ4v) is 4.02. The van der Waals surface area contributed by atoms with Crippen molar-refractivity contribution in [2.75, 3.05) is 37.0 Å². The summed E-state index contributed by atoms with van der Waals surface area (Å²) in [5, 5.41) is 2.09. The van der Waals surface area contributed by atoms with Gasteiger partial charge in [0, 0.05) is 0 Å². The molecule has 0 aromatic carbocycles. The van der Waals surface area contributed by atoms with Gasteiger partial charge in [-0.2, -0.15) is 0 Å². The Morgan fingerprint density at radius 3 is 0.765 bits per heavy atom. The minimum absolute atomic E-state index is 0.446. The molecule has 0 spiro atoms. The first-order valence-electron chi connectivity index (χ1n) is 6.58. The van der Waals surface area contributed by atoms with Crippen molar-refractivity contribution in [3.63, 3.8) is 0 Å². The van der Waals surface area contributed by atoms with Crippen molar-refractivity contribution in [2.45, 2.75) is 46.9 Å². The van der Waals surface area contributed by atoms with Crippen molar-refractivity contribution in [1.29, 1.82) is 0 Å². The van der Waals surface area contributed by atoms with Gasteiger partial charge in [-0.25, -0.2) is 0 Å². The quantitative estimate of drug-likeness (QED) is 0.329. The number of hydrogen-bond donors (Lipinski definition) is 0. The minimum atomic E-state index is 0.446. The Bertz CT molecular complexity index is 84.6. The molecule has 0 aromatic rings. The summed E-state index contributed by atoms with van der Waals surface area (Å²) < 4.78 is 0. The van der Waals surface area contributed by atoms with Crippen LogP contribution in [0.5, 0.6) is 0 Å². The summed E-state index contributed by atoms with van der Waals surface area (Å²) in [6.07, 6.45) is 8.51.